The number of H-pyrrole nitrogens is 2. The van der Waals surface area contributed by atoms with E-state index >= 15 is 0 Å². The topological polar surface area (TPSA) is 104 Å². The zero-order valence-corrected chi connectivity index (χ0v) is 14.6. The Labute approximate surface area is 152 Å². The van der Waals surface area contributed by atoms with Gasteiger partial charge in [0, 0.05) is 30.2 Å². The van der Waals surface area contributed by atoms with Crippen molar-refractivity contribution in [2.45, 2.75) is 11.7 Å². The van der Waals surface area contributed by atoms with E-state index < -0.39 is 11.2 Å². The second-order valence-corrected chi connectivity index (χ2v) is 7.37. The number of aromatic amines is 2. The summed E-state index contributed by atoms with van der Waals surface area (Å²) in [5.41, 5.74) is -0.105. The molecule has 2 aliphatic rings. The molecule has 8 nitrogen and oxygen atoms in total. The van der Waals surface area contributed by atoms with Crippen molar-refractivity contribution in [1.29, 1.82) is 0 Å². The van der Waals surface area contributed by atoms with Gasteiger partial charge >= 0.3 is 5.69 Å². The zero-order valence-electron chi connectivity index (χ0n) is 13.8. The van der Waals surface area contributed by atoms with E-state index in [2.05, 4.69) is 9.97 Å². The predicted molar refractivity (Wildman–Crippen MR) is 96.0 cm³/mol. The largest absolute Gasteiger partial charge is 0.454 e. The maximum absolute atomic E-state index is 12.6. The summed E-state index contributed by atoms with van der Waals surface area (Å²) < 4.78 is 10.8. The molecule has 1 amide bonds. The molecule has 0 aliphatic carbocycles. The smallest absolute Gasteiger partial charge is 0.326 e. The summed E-state index contributed by atoms with van der Waals surface area (Å²) >= 11 is 1.78. The Bertz CT molecular complexity index is 926. The third kappa shape index (κ3) is 3.34. The number of carbonyl (C=O) groups excluding carboxylic acids is 1. The fourth-order valence-electron chi connectivity index (χ4n) is 3.11. The van der Waals surface area contributed by atoms with Crippen molar-refractivity contribution >= 4 is 17.7 Å². The Hall–Kier alpha value is -2.68. The molecule has 9 heteroatoms. The minimum Gasteiger partial charge on any atom is -0.454 e. The predicted octanol–water partition coefficient (Wildman–Crippen LogP) is 1.11. The maximum Gasteiger partial charge on any atom is 0.326 e. The quantitative estimate of drug-likeness (QED) is 0.815. The van der Waals surface area contributed by atoms with Crippen LogP contribution in [0.5, 0.6) is 11.5 Å². The first-order chi connectivity index (χ1) is 12.6. The molecule has 3 heterocycles. The molecule has 1 unspecified atom stereocenters. The molecule has 2 aliphatic heterocycles. The van der Waals surface area contributed by atoms with Crippen LogP contribution in [0.4, 0.5) is 0 Å². The van der Waals surface area contributed by atoms with Crippen molar-refractivity contribution in [3.63, 3.8) is 0 Å². The van der Waals surface area contributed by atoms with Gasteiger partial charge in [-0.25, -0.2) is 4.79 Å². The van der Waals surface area contributed by atoms with Gasteiger partial charge in [0.2, 0.25) is 6.79 Å². The number of nitrogens with zero attached hydrogens (tertiary/aromatic N) is 1. The molecule has 1 saturated heterocycles. The minimum atomic E-state index is -0.678. The van der Waals surface area contributed by atoms with Gasteiger partial charge in [-0.2, -0.15) is 11.8 Å². The van der Waals surface area contributed by atoms with Crippen LogP contribution in [-0.4, -0.2) is 46.4 Å². The highest BCUT2D eigenvalue weighted by atomic mass is 32.2. The number of hydrogen-bond donors (Lipinski definition) is 2. The van der Waals surface area contributed by atoms with Gasteiger partial charge in [0.25, 0.3) is 11.5 Å². The first kappa shape index (κ1) is 16.8. The lowest BCUT2D eigenvalue weighted by Gasteiger charge is -2.20. The number of benzene rings is 1. The summed E-state index contributed by atoms with van der Waals surface area (Å²) in [5.74, 6) is 1.93. The number of hydrogen-bond acceptors (Lipinski definition) is 6. The maximum atomic E-state index is 12.6. The Morgan fingerprint density at radius 3 is 2.81 bits per heavy atom. The number of nitrogens with one attached hydrogen (secondary N) is 2. The van der Waals surface area contributed by atoms with E-state index in [1.165, 1.54) is 0 Å². The van der Waals surface area contributed by atoms with Gasteiger partial charge < -0.3 is 19.4 Å². The van der Waals surface area contributed by atoms with Crippen LogP contribution in [0.3, 0.4) is 0 Å². The SMILES string of the molecule is O=C(c1cc(=O)[nH]c(=O)[nH]1)N1CCSC(c2ccc3c(c2)OCO3)CC1. The van der Waals surface area contributed by atoms with E-state index in [1.807, 2.05) is 18.2 Å². The number of aromatic nitrogens is 2. The molecular formula is C17H17N3O5S. The molecule has 0 bridgehead atoms. The number of ether oxygens (including phenoxy) is 2. The third-order valence-corrected chi connectivity index (χ3v) is 5.72. The highest BCUT2D eigenvalue weighted by molar-refractivity contribution is 7.99. The van der Waals surface area contributed by atoms with E-state index in [0.717, 1.165) is 35.3 Å². The standard InChI is InChI=1S/C17H17N3O5S/c21-15-8-11(18-17(23)19-15)16(22)20-4-3-14(26-6-5-20)10-1-2-12-13(7-10)25-9-24-12/h1-2,7-8,14H,3-6,9H2,(H2,18,19,21,23). The number of thioether (sulfide) groups is 1. The summed E-state index contributed by atoms with van der Waals surface area (Å²) in [6, 6.07) is 7.05. The summed E-state index contributed by atoms with van der Waals surface area (Å²) in [7, 11) is 0. The summed E-state index contributed by atoms with van der Waals surface area (Å²) in [6.45, 7) is 1.34. The molecule has 1 fully saturated rings. The van der Waals surface area contributed by atoms with Crippen molar-refractivity contribution in [2.75, 3.05) is 25.6 Å². The lowest BCUT2D eigenvalue weighted by atomic mass is 10.1. The normalized spacial score (nSPS) is 19.2. The first-order valence-corrected chi connectivity index (χ1v) is 9.29. The average molecular weight is 375 g/mol. The lowest BCUT2D eigenvalue weighted by Crippen LogP contribution is -2.36. The van der Waals surface area contributed by atoms with Crippen LogP contribution in [-0.2, 0) is 0 Å². The molecule has 0 spiro atoms. The van der Waals surface area contributed by atoms with E-state index in [4.69, 9.17) is 9.47 Å². The van der Waals surface area contributed by atoms with E-state index in [0.29, 0.717) is 13.1 Å². The van der Waals surface area contributed by atoms with Gasteiger partial charge in [0.15, 0.2) is 11.5 Å². The highest BCUT2D eigenvalue weighted by Gasteiger charge is 2.25. The minimum absolute atomic E-state index is 0.0188. The van der Waals surface area contributed by atoms with Crippen LogP contribution in [0, 0.1) is 0 Å². The molecule has 136 valence electrons. The van der Waals surface area contributed by atoms with Crippen LogP contribution < -0.4 is 20.7 Å². The van der Waals surface area contributed by atoms with Crippen molar-refractivity contribution < 1.29 is 14.3 Å². The van der Waals surface area contributed by atoms with Crippen molar-refractivity contribution in [2.24, 2.45) is 0 Å². The number of amides is 1. The molecule has 2 aromatic rings. The molecule has 0 radical (unpaired) electrons. The third-order valence-electron chi connectivity index (χ3n) is 4.39. The van der Waals surface area contributed by atoms with Gasteiger partial charge in [-0.1, -0.05) is 6.07 Å². The molecular weight excluding hydrogens is 358 g/mol. The molecule has 1 aromatic heterocycles. The van der Waals surface area contributed by atoms with E-state index in [-0.39, 0.29) is 23.6 Å². The summed E-state index contributed by atoms with van der Waals surface area (Å²) in [5, 5.41) is 0.237. The Kier molecular flexibility index (Phi) is 4.46. The molecule has 1 aromatic carbocycles. The Morgan fingerprint density at radius 2 is 1.96 bits per heavy atom. The molecule has 1 atom stereocenters. The monoisotopic (exact) mass is 375 g/mol. The first-order valence-electron chi connectivity index (χ1n) is 8.24. The summed E-state index contributed by atoms with van der Waals surface area (Å²) in [6.07, 6.45) is 0.767. The highest BCUT2D eigenvalue weighted by Crippen LogP contribution is 2.40. The van der Waals surface area contributed by atoms with Crippen LogP contribution in [0.15, 0.2) is 33.9 Å². The second kappa shape index (κ2) is 6.91. The van der Waals surface area contributed by atoms with Gasteiger partial charge in [0.1, 0.15) is 5.69 Å². The van der Waals surface area contributed by atoms with Gasteiger partial charge in [-0.05, 0) is 24.1 Å². The zero-order chi connectivity index (χ0) is 18.1. The molecule has 4 rings (SSSR count). The summed E-state index contributed by atoms with van der Waals surface area (Å²) in [4.78, 5) is 41.6. The van der Waals surface area contributed by atoms with Gasteiger partial charge in [-0.15, -0.1) is 0 Å². The van der Waals surface area contributed by atoms with Gasteiger partial charge in [0.05, 0.1) is 0 Å². The average Bonchev–Trinajstić information content (AvgIpc) is 2.95. The molecule has 26 heavy (non-hydrogen) atoms. The number of rotatable bonds is 2. The Balaban J connectivity index is 1.48. The number of fused-ring (bicyclic) bond motifs is 1. The van der Waals surface area contributed by atoms with Crippen LogP contribution in [0.2, 0.25) is 0 Å². The van der Waals surface area contributed by atoms with Crippen LogP contribution in [0.25, 0.3) is 0 Å². The van der Waals surface area contributed by atoms with Crippen LogP contribution in [0.1, 0.15) is 27.7 Å². The van der Waals surface area contributed by atoms with E-state index in [1.54, 1.807) is 16.7 Å². The number of carbonyl (C=O) groups is 1. The van der Waals surface area contributed by atoms with Crippen molar-refractivity contribution in [3.8, 4) is 11.5 Å². The molecule has 2 N–H and O–H groups in total. The fraction of sp³-hybridized carbons (Fsp3) is 0.353. The second-order valence-electron chi connectivity index (χ2n) is 6.05. The van der Waals surface area contributed by atoms with Crippen molar-refractivity contribution in [3.05, 3.63) is 56.4 Å². The van der Waals surface area contributed by atoms with Gasteiger partial charge in [-0.3, -0.25) is 14.6 Å². The fourth-order valence-corrected chi connectivity index (χ4v) is 4.33. The lowest BCUT2D eigenvalue weighted by molar-refractivity contribution is 0.0760. The Morgan fingerprint density at radius 1 is 1.12 bits per heavy atom. The van der Waals surface area contributed by atoms with E-state index in [9.17, 15) is 14.4 Å². The van der Waals surface area contributed by atoms with Crippen LogP contribution >= 0.6 is 11.8 Å². The molecule has 0 saturated carbocycles. The van der Waals surface area contributed by atoms with Crippen molar-refractivity contribution in [1.82, 2.24) is 14.9 Å².